The summed E-state index contributed by atoms with van der Waals surface area (Å²) in [5.74, 6) is 1.38. The normalized spacial score (nSPS) is 48.1. The molecule has 2 saturated carbocycles. The third kappa shape index (κ3) is 1.66. The molecule has 0 spiro atoms. The van der Waals surface area contributed by atoms with Crippen LogP contribution in [0.25, 0.3) is 0 Å². The molecule has 0 atom stereocenters. The summed E-state index contributed by atoms with van der Waals surface area (Å²) in [7, 11) is 0. The molecule has 2 aliphatic rings. The Hall–Kier alpha value is -0.550. The quantitative estimate of drug-likeness (QED) is 0.777. The van der Waals surface area contributed by atoms with Crippen LogP contribution in [0.2, 0.25) is 0 Å². The molecule has 1 N–H and O–H groups in total. The van der Waals surface area contributed by atoms with Gasteiger partial charge < -0.3 is 5.11 Å². The van der Waals surface area contributed by atoms with Crippen LogP contribution in [0.15, 0.2) is 0 Å². The van der Waals surface area contributed by atoms with Crippen LogP contribution >= 0.6 is 0 Å². The standard InChI is InChI=1S/C14H23NO/c1-3-12-4-6-13(10-15,7-5-12)14(16)8-11(2)9-14/h11-12,16H,3-9H2,1-2H3. The second-order valence-corrected chi connectivity index (χ2v) is 6.09. The van der Waals surface area contributed by atoms with Gasteiger partial charge >= 0.3 is 0 Å². The van der Waals surface area contributed by atoms with Crippen LogP contribution in [-0.2, 0) is 0 Å². The molecule has 0 aliphatic heterocycles. The zero-order chi connectivity index (χ0) is 11.8. The third-order valence-electron chi connectivity index (χ3n) is 5.01. The molecule has 0 heterocycles. The Morgan fingerprint density at radius 2 is 1.88 bits per heavy atom. The smallest absolute Gasteiger partial charge is 0.0860 e. The molecular weight excluding hydrogens is 198 g/mol. The van der Waals surface area contributed by atoms with Crippen molar-refractivity contribution in [2.24, 2.45) is 17.3 Å². The van der Waals surface area contributed by atoms with E-state index < -0.39 is 11.0 Å². The van der Waals surface area contributed by atoms with E-state index in [2.05, 4.69) is 19.9 Å². The first kappa shape index (κ1) is 11.9. The number of rotatable bonds is 2. The van der Waals surface area contributed by atoms with E-state index in [-0.39, 0.29) is 0 Å². The zero-order valence-electron chi connectivity index (χ0n) is 10.5. The van der Waals surface area contributed by atoms with Crippen LogP contribution in [0, 0.1) is 28.6 Å². The van der Waals surface area contributed by atoms with Crippen LogP contribution in [0.3, 0.4) is 0 Å². The van der Waals surface area contributed by atoms with Gasteiger partial charge in [0, 0.05) is 0 Å². The van der Waals surface area contributed by atoms with Crippen LogP contribution in [-0.4, -0.2) is 10.7 Å². The minimum absolute atomic E-state index is 0.425. The molecule has 2 aliphatic carbocycles. The predicted octanol–water partition coefficient (Wildman–Crippen LogP) is 3.26. The van der Waals surface area contributed by atoms with Crippen molar-refractivity contribution in [3.63, 3.8) is 0 Å². The van der Waals surface area contributed by atoms with Crippen molar-refractivity contribution < 1.29 is 5.11 Å². The number of hydrogen-bond donors (Lipinski definition) is 1. The number of aliphatic hydroxyl groups is 1. The average molecular weight is 221 g/mol. The maximum atomic E-state index is 10.6. The minimum atomic E-state index is -0.667. The number of hydrogen-bond acceptors (Lipinski definition) is 2. The molecule has 16 heavy (non-hydrogen) atoms. The van der Waals surface area contributed by atoms with Crippen LogP contribution in [0.1, 0.15) is 58.8 Å². The van der Waals surface area contributed by atoms with Gasteiger partial charge in [0.25, 0.3) is 0 Å². The molecule has 0 bridgehead atoms. The van der Waals surface area contributed by atoms with E-state index in [4.69, 9.17) is 0 Å². The highest BCUT2D eigenvalue weighted by Gasteiger charge is 2.57. The number of nitrogens with zero attached hydrogens (tertiary/aromatic N) is 1. The Balaban J connectivity index is 2.08. The van der Waals surface area contributed by atoms with Crippen molar-refractivity contribution in [3.8, 4) is 6.07 Å². The van der Waals surface area contributed by atoms with Gasteiger partial charge in [-0.3, -0.25) is 0 Å². The maximum absolute atomic E-state index is 10.6. The van der Waals surface area contributed by atoms with Crippen molar-refractivity contribution in [1.29, 1.82) is 5.26 Å². The summed E-state index contributed by atoms with van der Waals surface area (Å²) in [6.07, 6.45) is 6.95. The van der Waals surface area contributed by atoms with E-state index in [1.54, 1.807) is 0 Å². The van der Waals surface area contributed by atoms with Gasteiger partial charge in [-0.1, -0.05) is 20.3 Å². The van der Waals surface area contributed by atoms with E-state index in [1.807, 2.05) is 0 Å². The second kappa shape index (κ2) is 4.04. The third-order valence-corrected chi connectivity index (χ3v) is 5.01. The van der Waals surface area contributed by atoms with Gasteiger partial charge in [0.2, 0.25) is 0 Å². The van der Waals surface area contributed by atoms with Crippen LogP contribution < -0.4 is 0 Å². The van der Waals surface area contributed by atoms with E-state index in [0.29, 0.717) is 5.92 Å². The van der Waals surface area contributed by atoms with Gasteiger partial charge in [-0.25, -0.2) is 0 Å². The molecule has 0 aromatic rings. The Morgan fingerprint density at radius 1 is 1.31 bits per heavy atom. The summed E-state index contributed by atoms with van der Waals surface area (Å²) in [4.78, 5) is 0. The topological polar surface area (TPSA) is 44.0 Å². The largest absolute Gasteiger partial charge is 0.388 e. The average Bonchev–Trinajstić information content (AvgIpc) is 2.27. The Bertz CT molecular complexity index is 290. The lowest BCUT2D eigenvalue weighted by Crippen LogP contribution is -2.57. The Morgan fingerprint density at radius 3 is 2.25 bits per heavy atom. The molecule has 2 heteroatoms. The first-order valence-corrected chi connectivity index (χ1v) is 6.69. The molecular formula is C14H23NO. The predicted molar refractivity (Wildman–Crippen MR) is 63.6 cm³/mol. The number of nitriles is 1. The monoisotopic (exact) mass is 221 g/mol. The first-order chi connectivity index (χ1) is 7.55. The van der Waals surface area contributed by atoms with Gasteiger partial charge in [0.1, 0.15) is 0 Å². The summed E-state index contributed by atoms with van der Waals surface area (Å²) in [6, 6.07) is 2.48. The van der Waals surface area contributed by atoms with Crippen molar-refractivity contribution in [2.45, 2.75) is 64.4 Å². The lowest BCUT2D eigenvalue weighted by atomic mass is 9.52. The van der Waals surface area contributed by atoms with Gasteiger partial charge in [0.05, 0.1) is 17.1 Å². The molecule has 2 fully saturated rings. The van der Waals surface area contributed by atoms with Crippen molar-refractivity contribution in [1.82, 2.24) is 0 Å². The molecule has 0 radical (unpaired) electrons. The summed E-state index contributed by atoms with van der Waals surface area (Å²) < 4.78 is 0. The fraction of sp³-hybridized carbons (Fsp3) is 0.929. The zero-order valence-corrected chi connectivity index (χ0v) is 10.5. The summed E-state index contributed by atoms with van der Waals surface area (Å²) in [5, 5.41) is 20.1. The van der Waals surface area contributed by atoms with E-state index in [9.17, 15) is 10.4 Å². The second-order valence-electron chi connectivity index (χ2n) is 6.09. The molecule has 90 valence electrons. The van der Waals surface area contributed by atoms with Gasteiger partial charge in [0.15, 0.2) is 0 Å². The molecule has 2 rings (SSSR count). The molecule has 2 nitrogen and oxygen atoms in total. The van der Waals surface area contributed by atoms with Gasteiger partial charge in [-0.2, -0.15) is 5.26 Å². The molecule has 0 aromatic carbocycles. The lowest BCUT2D eigenvalue weighted by Gasteiger charge is -2.54. The first-order valence-electron chi connectivity index (χ1n) is 6.69. The van der Waals surface area contributed by atoms with E-state index in [1.165, 1.54) is 6.42 Å². The fourth-order valence-corrected chi connectivity index (χ4v) is 3.74. The highest BCUT2D eigenvalue weighted by molar-refractivity contribution is 5.17. The van der Waals surface area contributed by atoms with Gasteiger partial charge in [-0.05, 0) is 50.4 Å². The molecule has 0 amide bonds. The lowest BCUT2D eigenvalue weighted by molar-refractivity contribution is -0.155. The minimum Gasteiger partial charge on any atom is -0.388 e. The highest BCUT2D eigenvalue weighted by atomic mass is 16.3. The van der Waals surface area contributed by atoms with E-state index in [0.717, 1.165) is 44.4 Å². The van der Waals surface area contributed by atoms with Crippen molar-refractivity contribution >= 4 is 0 Å². The Kier molecular flexibility index (Phi) is 3.01. The summed E-state index contributed by atoms with van der Waals surface area (Å²) >= 11 is 0. The maximum Gasteiger partial charge on any atom is 0.0860 e. The highest BCUT2D eigenvalue weighted by Crippen LogP contribution is 2.56. The molecule has 0 saturated heterocycles. The fourth-order valence-electron chi connectivity index (χ4n) is 3.74. The van der Waals surface area contributed by atoms with Crippen molar-refractivity contribution in [3.05, 3.63) is 0 Å². The SMILES string of the molecule is CCC1CCC(C#N)(C2(O)CC(C)C2)CC1. The van der Waals surface area contributed by atoms with Crippen molar-refractivity contribution in [2.75, 3.05) is 0 Å². The van der Waals surface area contributed by atoms with Crippen LogP contribution in [0.4, 0.5) is 0 Å². The van der Waals surface area contributed by atoms with Gasteiger partial charge in [-0.15, -0.1) is 0 Å². The Labute approximate surface area is 98.7 Å². The molecule has 0 unspecified atom stereocenters. The summed E-state index contributed by atoms with van der Waals surface area (Å²) in [5.41, 5.74) is -1.09. The summed E-state index contributed by atoms with van der Waals surface area (Å²) in [6.45, 7) is 4.39. The van der Waals surface area contributed by atoms with Crippen LogP contribution in [0.5, 0.6) is 0 Å². The van der Waals surface area contributed by atoms with E-state index >= 15 is 0 Å². The molecule has 0 aromatic heterocycles.